The molecule has 7 heteroatoms. The monoisotopic (exact) mass is 425 g/mol. The molecule has 3 aromatic rings. The number of halogens is 1. The third kappa shape index (κ3) is 4.54. The average molecular weight is 426 g/mol. The zero-order valence-corrected chi connectivity index (χ0v) is 18.2. The van der Waals surface area contributed by atoms with Crippen molar-refractivity contribution in [2.45, 2.75) is 32.7 Å². The summed E-state index contributed by atoms with van der Waals surface area (Å²) in [5, 5.41) is 0.0920. The quantitative estimate of drug-likeness (QED) is 0.696. The molecule has 2 aromatic heterocycles. The van der Waals surface area contributed by atoms with Gasteiger partial charge in [-0.05, 0) is 28.7 Å². The number of hydrogen-bond acceptors (Lipinski definition) is 3. The minimum absolute atomic E-state index is 0.000547. The lowest BCUT2D eigenvalue weighted by atomic mass is 9.86. The predicted molar refractivity (Wildman–Crippen MR) is 120 cm³/mol. The van der Waals surface area contributed by atoms with Crippen molar-refractivity contribution < 1.29 is 0 Å². The summed E-state index contributed by atoms with van der Waals surface area (Å²) in [7, 11) is 1.59. The number of hydrogen-bond donors (Lipinski definition) is 1. The molecule has 30 heavy (non-hydrogen) atoms. The smallest absolute Gasteiger partial charge is 0.321 e. The fraction of sp³-hybridized carbons (Fsp3) is 0.261. The second kappa shape index (κ2) is 8.32. The number of rotatable bonds is 4. The number of nitrogens with one attached hydrogen (secondary N) is 1. The van der Waals surface area contributed by atoms with Gasteiger partial charge in [0, 0.05) is 37.1 Å². The number of nitrogens with zero attached hydrogens (tertiary/aromatic N) is 2. The van der Waals surface area contributed by atoms with Crippen molar-refractivity contribution in [2.75, 3.05) is 0 Å². The number of pyridine rings is 1. The van der Waals surface area contributed by atoms with Gasteiger partial charge in [0.25, 0.3) is 11.1 Å². The van der Waals surface area contributed by atoms with Crippen LogP contribution in [-0.2, 0) is 19.0 Å². The topological polar surface area (TPSA) is 76.9 Å². The van der Waals surface area contributed by atoms with Crippen molar-refractivity contribution in [1.82, 2.24) is 14.1 Å². The van der Waals surface area contributed by atoms with Gasteiger partial charge in [0.15, 0.2) is 0 Å². The minimum atomic E-state index is -0.411. The van der Waals surface area contributed by atoms with Crippen molar-refractivity contribution in [3.63, 3.8) is 0 Å². The lowest BCUT2D eigenvalue weighted by molar-refractivity contribution is 0.590. The van der Waals surface area contributed by atoms with Crippen molar-refractivity contribution in [3.8, 4) is 0 Å². The zero-order valence-electron chi connectivity index (χ0n) is 17.4. The lowest BCUT2D eigenvalue weighted by Crippen LogP contribution is -2.37. The Bertz CT molecular complexity index is 1270. The highest BCUT2D eigenvalue weighted by atomic mass is 35.5. The third-order valence-electron chi connectivity index (χ3n) is 4.93. The molecule has 0 spiro atoms. The molecule has 0 amide bonds. The van der Waals surface area contributed by atoms with Crippen molar-refractivity contribution in [1.29, 1.82) is 0 Å². The molecule has 0 atom stereocenters. The summed E-state index contributed by atoms with van der Waals surface area (Å²) in [5.41, 5.74) is 2.06. The molecular weight excluding hydrogens is 402 g/mol. The van der Waals surface area contributed by atoms with Gasteiger partial charge in [0.1, 0.15) is 5.02 Å². The zero-order chi connectivity index (χ0) is 22.1. The van der Waals surface area contributed by atoms with E-state index in [4.69, 9.17) is 11.6 Å². The van der Waals surface area contributed by atoms with E-state index < -0.39 is 11.2 Å². The van der Waals surface area contributed by atoms with Crippen LogP contribution in [0.15, 0.2) is 69.1 Å². The fourth-order valence-corrected chi connectivity index (χ4v) is 3.22. The predicted octanol–water partition coefficient (Wildman–Crippen LogP) is 3.32. The largest absolute Gasteiger partial charge is 0.330 e. The maximum absolute atomic E-state index is 12.4. The van der Waals surface area contributed by atoms with E-state index in [1.807, 2.05) is 24.3 Å². The standard InChI is InChI=1S/C23H24ClN3O3/c1-23(2,3)16-7-5-15(6-8-16)17(19-10-9-18(24)21(29)25-19)11-14-27-20(28)12-13-26(4)22(27)30/h5-13H,14H2,1-4H3,(H,25,29)/b17-11+. The first-order valence-electron chi connectivity index (χ1n) is 9.54. The maximum atomic E-state index is 12.4. The SMILES string of the molecule is Cn1ccc(=O)n(C/C=C(\c2ccc(C(C)(C)C)cc2)c2ccc(Cl)c(=O)[nH]2)c1=O. The number of aromatic nitrogens is 3. The molecule has 0 unspecified atom stereocenters. The molecule has 0 aliphatic heterocycles. The van der Waals surface area contributed by atoms with Gasteiger partial charge in [-0.3, -0.25) is 14.2 Å². The van der Waals surface area contributed by atoms with Gasteiger partial charge in [-0.1, -0.05) is 62.7 Å². The van der Waals surface area contributed by atoms with Gasteiger partial charge in [-0.2, -0.15) is 0 Å². The van der Waals surface area contributed by atoms with Crippen molar-refractivity contribution in [2.24, 2.45) is 7.05 Å². The Morgan fingerprint density at radius 2 is 1.70 bits per heavy atom. The van der Waals surface area contributed by atoms with Crippen molar-refractivity contribution in [3.05, 3.63) is 108 Å². The van der Waals surface area contributed by atoms with Crippen LogP contribution < -0.4 is 16.8 Å². The average Bonchev–Trinajstić information content (AvgIpc) is 2.69. The van der Waals surface area contributed by atoms with Crippen LogP contribution in [0.5, 0.6) is 0 Å². The summed E-state index contributed by atoms with van der Waals surface area (Å²) < 4.78 is 2.48. The van der Waals surface area contributed by atoms with Crippen LogP contribution >= 0.6 is 11.6 Å². The van der Waals surface area contributed by atoms with E-state index in [2.05, 4.69) is 25.8 Å². The minimum Gasteiger partial charge on any atom is -0.321 e. The summed E-state index contributed by atoms with van der Waals surface area (Å²) in [6.45, 7) is 6.46. The number of aryl methyl sites for hydroxylation is 1. The molecule has 156 valence electrons. The maximum Gasteiger partial charge on any atom is 0.330 e. The van der Waals surface area contributed by atoms with E-state index in [9.17, 15) is 14.4 Å². The van der Waals surface area contributed by atoms with Crippen LogP contribution in [-0.4, -0.2) is 14.1 Å². The summed E-state index contributed by atoms with van der Waals surface area (Å²) >= 11 is 5.88. The molecule has 0 bridgehead atoms. The van der Waals surface area contributed by atoms with E-state index in [0.29, 0.717) is 11.3 Å². The summed E-state index contributed by atoms with van der Waals surface area (Å²) in [5.74, 6) is 0. The number of H-pyrrole nitrogens is 1. The molecule has 1 aromatic carbocycles. The Hall–Kier alpha value is -3.12. The molecule has 0 saturated carbocycles. The van der Waals surface area contributed by atoms with Crippen LogP contribution in [0.4, 0.5) is 0 Å². The van der Waals surface area contributed by atoms with Crippen LogP contribution in [0.1, 0.15) is 37.6 Å². The van der Waals surface area contributed by atoms with Crippen molar-refractivity contribution >= 4 is 17.2 Å². The van der Waals surface area contributed by atoms with Crippen LogP contribution in [0.2, 0.25) is 5.02 Å². The van der Waals surface area contributed by atoms with Gasteiger partial charge >= 0.3 is 5.69 Å². The fourth-order valence-electron chi connectivity index (χ4n) is 3.11. The molecule has 2 heterocycles. The summed E-state index contributed by atoms with van der Waals surface area (Å²) in [6.07, 6.45) is 3.20. The third-order valence-corrected chi connectivity index (χ3v) is 5.23. The first-order chi connectivity index (χ1) is 14.1. The Morgan fingerprint density at radius 3 is 2.30 bits per heavy atom. The Morgan fingerprint density at radius 1 is 1.03 bits per heavy atom. The second-order valence-electron chi connectivity index (χ2n) is 8.15. The van der Waals surface area contributed by atoms with E-state index in [0.717, 1.165) is 10.1 Å². The lowest BCUT2D eigenvalue weighted by Gasteiger charge is -2.19. The van der Waals surface area contributed by atoms with E-state index >= 15 is 0 Å². The molecule has 6 nitrogen and oxygen atoms in total. The molecule has 0 aliphatic rings. The summed E-state index contributed by atoms with van der Waals surface area (Å²) in [4.78, 5) is 39.4. The number of allylic oxidation sites excluding steroid dienone is 1. The highest BCUT2D eigenvalue weighted by Crippen LogP contribution is 2.27. The number of aromatic amines is 1. The van der Waals surface area contributed by atoms with Gasteiger partial charge in [0.05, 0.1) is 0 Å². The van der Waals surface area contributed by atoms with E-state index in [1.165, 1.54) is 28.5 Å². The molecule has 0 aliphatic carbocycles. The van der Waals surface area contributed by atoms with Gasteiger partial charge in [0.2, 0.25) is 0 Å². The van der Waals surface area contributed by atoms with Crippen LogP contribution in [0.3, 0.4) is 0 Å². The van der Waals surface area contributed by atoms with E-state index in [1.54, 1.807) is 19.2 Å². The molecule has 3 rings (SSSR count). The number of benzene rings is 1. The van der Waals surface area contributed by atoms with Gasteiger partial charge in [-0.25, -0.2) is 4.79 Å². The van der Waals surface area contributed by atoms with Gasteiger partial charge < -0.3 is 9.55 Å². The summed E-state index contributed by atoms with van der Waals surface area (Å²) in [6, 6.07) is 12.6. The van der Waals surface area contributed by atoms with Gasteiger partial charge in [-0.15, -0.1) is 0 Å². The first kappa shape index (κ1) is 21.6. The second-order valence-corrected chi connectivity index (χ2v) is 8.56. The normalized spacial score (nSPS) is 12.2. The molecule has 1 N–H and O–H groups in total. The highest BCUT2D eigenvalue weighted by Gasteiger charge is 2.15. The Kier molecular flexibility index (Phi) is 5.99. The molecule has 0 saturated heterocycles. The highest BCUT2D eigenvalue weighted by molar-refractivity contribution is 6.30. The Balaban J connectivity index is 2.13. The van der Waals surface area contributed by atoms with Crippen LogP contribution in [0, 0.1) is 0 Å². The Labute approximate surface area is 179 Å². The molecular formula is C23H24ClN3O3. The van der Waals surface area contributed by atoms with E-state index in [-0.39, 0.29) is 22.5 Å². The first-order valence-corrected chi connectivity index (χ1v) is 9.92. The molecule has 0 radical (unpaired) electrons. The molecule has 0 fully saturated rings. The van der Waals surface area contributed by atoms with Crippen LogP contribution in [0.25, 0.3) is 5.57 Å².